The molecule has 2 nitrogen and oxygen atoms in total. The quantitative estimate of drug-likeness (QED) is 0.149. The van der Waals surface area contributed by atoms with Crippen LogP contribution in [0.4, 0.5) is 0 Å². The van der Waals surface area contributed by atoms with Gasteiger partial charge in [-0.1, -0.05) is 47.0 Å². The van der Waals surface area contributed by atoms with Gasteiger partial charge in [0, 0.05) is 23.3 Å². The molecule has 0 aromatic carbocycles. The van der Waals surface area contributed by atoms with Crippen LogP contribution in [0.15, 0.2) is 25.4 Å². The van der Waals surface area contributed by atoms with E-state index in [-0.39, 0.29) is 0 Å². The number of rotatable bonds is 14. The second kappa shape index (κ2) is 16.2. The molecule has 0 bridgehead atoms. The molecule has 0 amide bonds. The van der Waals surface area contributed by atoms with Crippen LogP contribution in [0.2, 0.25) is 0 Å². The Balaban J connectivity index is 1.87. The third-order valence-corrected chi connectivity index (χ3v) is 14.5. The fourth-order valence-electron chi connectivity index (χ4n) is 1.84. The van der Waals surface area contributed by atoms with Crippen LogP contribution in [-0.2, 0) is 9.47 Å². The van der Waals surface area contributed by atoms with Gasteiger partial charge in [-0.3, -0.25) is 0 Å². The molecule has 28 heavy (non-hydrogen) atoms. The Labute approximate surface area is 212 Å². The molecule has 0 saturated heterocycles. The van der Waals surface area contributed by atoms with Crippen molar-refractivity contribution in [2.45, 2.75) is 0 Å². The third kappa shape index (κ3) is 9.17. The average molecular weight is 574 g/mol. The Morgan fingerprint density at radius 3 is 1.39 bits per heavy atom. The van der Waals surface area contributed by atoms with Crippen LogP contribution >= 0.6 is 117 Å². The zero-order valence-corrected chi connectivity index (χ0v) is 23.5. The first kappa shape index (κ1) is 26.8. The first-order valence-electron chi connectivity index (χ1n) is 8.28. The van der Waals surface area contributed by atoms with Gasteiger partial charge < -0.3 is 9.47 Å². The lowest BCUT2D eigenvalue weighted by Crippen LogP contribution is -1.99. The minimum atomic E-state index is 0.558. The van der Waals surface area contributed by atoms with Crippen molar-refractivity contribution in [1.82, 2.24) is 0 Å². The van der Waals surface area contributed by atoms with Crippen molar-refractivity contribution in [3.8, 4) is 0 Å². The van der Waals surface area contributed by atoms with Crippen molar-refractivity contribution < 1.29 is 9.47 Å². The molecule has 2 rings (SSSR count). The van der Waals surface area contributed by atoms with Gasteiger partial charge in [-0.2, -0.15) is 0 Å². The number of hydrogen-bond donors (Lipinski definition) is 0. The zero-order chi connectivity index (χ0) is 20.2. The molecule has 160 valence electrons. The SMILES string of the molecule is CSC1=C(SCCOCCCl)S/C(=C2/SC(SC)=C(SCCOCCCl)S2)S1. The summed E-state index contributed by atoms with van der Waals surface area (Å²) >= 11 is 26.4. The van der Waals surface area contributed by atoms with E-state index in [9.17, 15) is 0 Å². The molecule has 0 radical (unpaired) electrons. The van der Waals surface area contributed by atoms with Crippen molar-refractivity contribution >= 4 is 117 Å². The largest absolute Gasteiger partial charge is 0.379 e. The van der Waals surface area contributed by atoms with Crippen LogP contribution in [0.25, 0.3) is 0 Å². The molecule has 0 saturated carbocycles. The maximum atomic E-state index is 5.65. The molecule has 0 aromatic heterocycles. The standard InChI is InChI=1S/C16H22Cl2O2S8/c1-21-11-13(23-9-7-19-5-3-17)27-15(25-11)16-26-12(22-2)14(28-16)24-10-8-20-6-4-18/h3-10H2,1-2H3/b16-15-. The van der Waals surface area contributed by atoms with Gasteiger partial charge in [-0.15, -0.1) is 70.2 Å². The minimum Gasteiger partial charge on any atom is -0.379 e. The summed E-state index contributed by atoms with van der Waals surface area (Å²) in [5.74, 6) is 3.04. The molecule has 2 aliphatic rings. The van der Waals surface area contributed by atoms with E-state index in [1.54, 1.807) is 0 Å². The van der Waals surface area contributed by atoms with Crippen LogP contribution in [0.3, 0.4) is 0 Å². The van der Waals surface area contributed by atoms with Crippen LogP contribution in [0.1, 0.15) is 0 Å². The van der Waals surface area contributed by atoms with Crippen LogP contribution in [-0.4, -0.2) is 62.2 Å². The fraction of sp³-hybridized carbons (Fsp3) is 0.625. The molecule has 0 aliphatic carbocycles. The fourth-order valence-corrected chi connectivity index (χ4v) is 13.1. The van der Waals surface area contributed by atoms with E-state index >= 15 is 0 Å². The van der Waals surface area contributed by atoms with Gasteiger partial charge in [0.05, 0.1) is 51.9 Å². The highest BCUT2D eigenvalue weighted by molar-refractivity contribution is 8.45. The Morgan fingerprint density at radius 1 is 0.643 bits per heavy atom. The Morgan fingerprint density at radius 2 is 1.04 bits per heavy atom. The van der Waals surface area contributed by atoms with Crippen LogP contribution in [0, 0.1) is 0 Å². The van der Waals surface area contributed by atoms with Gasteiger partial charge >= 0.3 is 0 Å². The lowest BCUT2D eigenvalue weighted by atomic mass is 10.8. The third-order valence-electron chi connectivity index (χ3n) is 2.98. The van der Waals surface area contributed by atoms with Gasteiger partial charge in [-0.05, 0) is 12.5 Å². The van der Waals surface area contributed by atoms with E-state index in [1.165, 1.54) is 25.4 Å². The van der Waals surface area contributed by atoms with E-state index in [0.29, 0.717) is 25.0 Å². The smallest absolute Gasteiger partial charge is 0.0717 e. The number of halogens is 2. The van der Waals surface area contributed by atoms with Crippen LogP contribution < -0.4 is 0 Å². The summed E-state index contributed by atoms with van der Waals surface area (Å²) in [5.41, 5.74) is 0. The number of thioether (sulfide) groups is 8. The monoisotopic (exact) mass is 572 g/mol. The molecule has 0 aromatic rings. The van der Waals surface area contributed by atoms with Crippen molar-refractivity contribution in [1.29, 1.82) is 0 Å². The molecule has 0 atom stereocenters. The highest BCUT2D eigenvalue weighted by Gasteiger charge is 2.30. The van der Waals surface area contributed by atoms with Gasteiger partial charge in [0.15, 0.2) is 0 Å². The molecular weight excluding hydrogens is 552 g/mol. The van der Waals surface area contributed by atoms with E-state index in [2.05, 4.69) is 12.5 Å². The van der Waals surface area contributed by atoms with E-state index in [0.717, 1.165) is 24.7 Å². The van der Waals surface area contributed by atoms with Gasteiger partial charge in [0.25, 0.3) is 0 Å². The molecule has 0 spiro atoms. The molecular formula is C16H22Cl2O2S8. The molecule has 0 N–H and O–H groups in total. The van der Waals surface area contributed by atoms with Gasteiger partial charge in [0.2, 0.25) is 0 Å². The topological polar surface area (TPSA) is 18.5 Å². The van der Waals surface area contributed by atoms with Crippen LogP contribution in [0.5, 0.6) is 0 Å². The van der Waals surface area contributed by atoms with Gasteiger partial charge in [-0.25, -0.2) is 0 Å². The summed E-state index contributed by atoms with van der Waals surface area (Å²) in [6.45, 7) is 2.74. The van der Waals surface area contributed by atoms with Crippen molar-refractivity contribution in [2.24, 2.45) is 0 Å². The summed E-state index contributed by atoms with van der Waals surface area (Å²) in [7, 11) is 0. The highest BCUT2D eigenvalue weighted by Crippen LogP contribution is 2.65. The number of ether oxygens (including phenoxy) is 2. The Hall–Kier alpha value is 2.52. The van der Waals surface area contributed by atoms with Crippen molar-refractivity contribution in [3.05, 3.63) is 25.4 Å². The molecule has 0 fully saturated rings. The maximum absolute atomic E-state index is 5.65. The first-order valence-corrected chi connectivity index (χ1v) is 17.0. The summed E-state index contributed by atoms with van der Waals surface area (Å²) in [6, 6.07) is 0. The maximum Gasteiger partial charge on any atom is 0.0717 e. The summed E-state index contributed by atoms with van der Waals surface area (Å²) in [5, 5.41) is 0. The summed E-state index contributed by atoms with van der Waals surface area (Å²) in [4.78, 5) is 0. The van der Waals surface area contributed by atoms with Crippen molar-refractivity contribution in [2.75, 3.05) is 62.2 Å². The molecule has 0 unspecified atom stereocenters. The normalized spacial score (nSPS) is 20.1. The van der Waals surface area contributed by atoms with E-state index in [4.69, 9.17) is 32.7 Å². The predicted octanol–water partition coefficient (Wildman–Crippen LogP) is 8.03. The highest BCUT2D eigenvalue weighted by atomic mass is 35.5. The lowest BCUT2D eigenvalue weighted by molar-refractivity contribution is 0.166. The Kier molecular flexibility index (Phi) is 15.5. The van der Waals surface area contributed by atoms with Gasteiger partial charge in [0.1, 0.15) is 0 Å². The molecule has 2 heterocycles. The molecule has 12 heteroatoms. The zero-order valence-electron chi connectivity index (χ0n) is 15.5. The summed E-state index contributed by atoms with van der Waals surface area (Å²) < 4.78 is 19.4. The lowest BCUT2D eigenvalue weighted by Gasteiger charge is -2.04. The predicted molar refractivity (Wildman–Crippen MR) is 146 cm³/mol. The van der Waals surface area contributed by atoms with E-state index < -0.39 is 0 Å². The second-order valence-corrected chi connectivity index (χ2v) is 15.1. The summed E-state index contributed by atoms with van der Waals surface area (Å²) in [6.07, 6.45) is 4.31. The Bertz CT molecular complexity index is 547. The number of alkyl halides is 2. The van der Waals surface area contributed by atoms with Crippen molar-refractivity contribution in [3.63, 3.8) is 0 Å². The molecule has 2 aliphatic heterocycles. The second-order valence-electron chi connectivity index (χ2n) is 4.84. The number of hydrogen-bond acceptors (Lipinski definition) is 10. The van der Waals surface area contributed by atoms with E-state index in [1.807, 2.05) is 94.1 Å². The first-order chi connectivity index (χ1) is 13.7. The average Bonchev–Trinajstić information content (AvgIpc) is 3.31. The minimum absolute atomic E-state index is 0.558.